The first-order valence-corrected chi connectivity index (χ1v) is 7.64. The molecule has 21 heavy (non-hydrogen) atoms. The first-order valence-electron chi connectivity index (χ1n) is 6.69. The average Bonchev–Trinajstić information content (AvgIpc) is 3.20. The standard InChI is InChI=1S/C13H14N2O5S/c1-18-12(16)7-8(13(17)19-2)14-15-9(7)10-5-3-20-4-6(5)11(15)21-10/h5-6,10-11H,3-4H2,1-2H3/t5-,6+,10-,11+/m1/s1. The molecule has 2 bridgehead atoms. The van der Waals surface area contributed by atoms with Crippen molar-refractivity contribution >= 4 is 23.7 Å². The second-order valence-electron chi connectivity index (χ2n) is 5.35. The fourth-order valence-corrected chi connectivity index (χ4v) is 5.40. The second-order valence-corrected chi connectivity index (χ2v) is 6.61. The van der Waals surface area contributed by atoms with Crippen LogP contribution in [0.15, 0.2) is 0 Å². The molecule has 4 atom stereocenters. The van der Waals surface area contributed by atoms with E-state index in [0.29, 0.717) is 25.0 Å². The summed E-state index contributed by atoms with van der Waals surface area (Å²) < 4.78 is 16.9. The molecule has 2 fully saturated rings. The summed E-state index contributed by atoms with van der Waals surface area (Å²) in [6.45, 7) is 1.40. The Morgan fingerprint density at radius 2 is 1.95 bits per heavy atom. The maximum absolute atomic E-state index is 12.1. The van der Waals surface area contributed by atoms with E-state index in [-0.39, 0.29) is 21.9 Å². The van der Waals surface area contributed by atoms with Crippen LogP contribution < -0.4 is 0 Å². The van der Waals surface area contributed by atoms with Gasteiger partial charge in [-0.1, -0.05) is 0 Å². The van der Waals surface area contributed by atoms with Gasteiger partial charge in [-0.15, -0.1) is 11.8 Å². The van der Waals surface area contributed by atoms with E-state index in [0.717, 1.165) is 5.69 Å². The number of hydrogen-bond acceptors (Lipinski definition) is 7. The van der Waals surface area contributed by atoms with Crippen LogP contribution in [-0.4, -0.2) is 49.2 Å². The van der Waals surface area contributed by atoms with E-state index in [9.17, 15) is 9.59 Å². The minimum atomic E-state index is -0.608. The molecular formula is C13H14N2O5S. The van der Waals surface area contributed by atoms with Gasteiger partial charge in [0.25, 0.3) is 0 Å². The van der Waals surface area contributed by atoms with Crippen molar-refractivity contribution in [2.45, 2.75) is 10.6 Å². The van der Waals surface area contributed by atoms with Crippen LogP contribution in [0, 0.1) is 11.8 Å². The van der Waals surface area contributed by atoms with Crippen LogP contribution in [0.5, 0.6) is 0 Å². The number of fused-ring (bicyclic) bond motifs is 8. The lowest BCUT2D eigenvalue weighted by Gasteiger charge is -2.22. The topological polar surface area (TPSA) is 79.7 Å². The highest BCUT2D eigenvalue weighted by atomic mass is 32.2. The molecule has 1 aromatic rings. The van der Waals surface area contributed by atoms with E-state index in [4.69, 9.17) is 14.2 Å². The summed E-state index contributed by atoms with van der Waals surface area (Å²) in [6, 6.07) is 0. The Bertz CT molecular complexity index is 643. The van der Waals surface area contributed by atoms with Crippen molar-refractivity contribution in [3.05, 3.63) is 17.0 Å². The summed E-state index contributed by atoms with van der Waals surface area (Å²) in [6.07, 6.45) is 0. The van der Waals surface area contributed by atoms with Gasteiger partial charge in [0, 0.05) is 11.8 Å². The smallest absolute Gasteiger partial charge is 0.359 e. The zero-order chi connectivity index (χ0) is 14.7. The van der Waals surface area contributed by atoms with E-state index in [1.54, 1.807) is 16.4 Å². The second kappa shape index (κ2) is 4.48. The Balaban J connectivity index is 1.87. The first kappa shape index (κ1) is 13.1. The fourth-order valence-electron chi connectivity index (χ4n) is 3.51. The molecule has 4 rings (SSSR count). The molecule has 2 saturated heterocycles. The van der Waals surface area contributed by atoms with E-state index in [1.807, 2.05) is 0 Å². The van der Waals surface area contributed by atoms with E-state index >= 15 is 0 Å². The maximum Gasteiger partial charge on any atom is 0.359 e. The molecule has 3 aliphatic rings. The molecular weight excluding hydrogens is 296 g/mol. The number of esters is 2. The molecule has 0 saturated carbocycles. The van der Waals surface area contributed by atoms with Gasteiger partial charge in [-0.3, -0.25) is 4.68 Å². The normalized spacial score (nSPS) is 31.9. The Morgan fingerprint density at radius 1 is 1.24 bits per heavy atom. The molecule has 0 aliphatic carbocycles. The largest absolute Gasteiger partial charge is 0.465 e. The van der Waals surface area contributed by atoms with Crippen LogP contribution >= 0.6 is 11.8 Å². The molecule has 0 N–H and O–H groups in total. The summed E-state index contributed by atoms with van der Waals surface area (Å²) >= 11 is 1.79. The van der Waals surface area contributed by atoms with Crippen LogP contribution in [0.1, 0.15) is 37.2 Å². The van der Waals surface area contributed by atoms with Crippen LogP contribution in [0.25, 0.3) is 0 Å². The number of rotatable bonds is 2. The first-order chi connectivity index (χ1) is 10.2. The highest BCUT2D eigenvalue weighted by molar-refractivity contribution is 8.00. The highest BCUT2D eigenvalue weighted by Crippen LogP contribution is 2.65. The predicted molar refractivity (Wildman–Crippen MR) is 72.1 cm³/mol. The van der Waals surface area contributed by atoms with Crippen LogP contribution in [0.3, 0.4) is 0 Å². The van der Waals surface area contributed by atoms with Crippen molar-refractivity contribution in [3.63, 3.8) is 0 Å². The molecule has 1 aromatic heterocycles. The third-order valence-electron chi connectivity index (χ3n) is 4.44. The molecule has 4 heterocycles. The minimum Gasteiger partial charge on any atom is -0.465 e. The lowest BCUT2D eigenvalue weighted by atomic mass is 9.87. The van der Waals surface area contributed by atoms with Gasteiger partial charge in [-0.05, 0) is 0 Å². The van der Waals surface area contributed by atoms with Gasteiger partial charge in [0.1, 0.15) is 10.9 Å². The van der Waals surface area contributed by atoms with Gasteiger partial charge in [-0.25, -0.2) is 9.59 Å². The van der Waals surface area contributed by atoms with Crippen molar-refractivity contribution in [2.75, 3.05) is 27.4 Å². The molecule has 7 nitrogen and oxygen atoms in total. The van der Waals surface area contributed by atoms with Gasteiger partial charge in [0.15, 0.2) is 5.69 Å². The van der Waals surface area contributed by atoms with Crippen molar-refractivity contribution in [1.29, 1.82) is 0 Å². The monoisotopic (exact) mass is 310 g/mol. The molecule has 112 valence electrons. The third-order valence-corrected chi connectivity index (χ3v) is 6.13. The Hall–Kier alpha value is -1.54. The molecule has 0 aromatic carbocycles. The lowest BCUT2D eigenvalue weighted by molar-refractivity contribution is 0.0551. The Labute approximate surface area is 124 Å². The summed E-state index contributed by atoms with van der Waals surface area (Å²) in [5.74, 6) is -0.384. The van der Waals surface area contributed by atoms with Crippen molar-refractivity contribution in [3.8, 4) is 0 Å². The molecule has 0 radical (unpaired) electrons. The van der Waals surface area contributed by atoms with E-state index < -0.39 is 11.9 Å². The van der Waals surface area contributed by atoms with Gasteiger partial charge in [-0.2, -0.15) is 5.10 Å². The number of ether oxygens (including phenoxy) is 3. The quantitative estimate of drug-likeness (QED) is 0.754. The Morgan fingerprint density at radius 3 is 2.67 bits per heavy atom. The van der Waals surface area contributed by atoms with Gasteiger partial charge in [0.2, 0.25) is 0 Å². The number of carbonyl (C=O) groups excluding carboxylic acids is 2. The summed E-state index contributed by atoms with van der Waals surface area (Å²) in [5.41, 5.74) is 1.08. The molecule has 3 aliphatic heterocycles. The maximum atomic E-state index is 12.1. The van der Waals surface area contributed by atoms with Crippen molar-refractivity contribution in [1.82, 2.24) is 9.78 Å². The van der Waals surface area contributed by atoms with Crippen LogP contribution in [0.2, 0.25) is 0 Å². The number of methoxy groups -OCH3 is 2. The molecule has 0 unspecified atom stereocenters. The number of aromatic nitrogens is 2. The SMILES string of the molecule is COC(=O)c1nn2c(c1C(=O)OC)[C@@H]1S[C@H]2[C@H]2COC[C@H]21. The zero-order valence-electron chi connectivity index (χ0n) is 11.6. The molecule has 0 amide bonds. The number of nitrogens with zero attached hydrogens (tertiary/aromatic N) is 2. The minimum absolute atomic E-state index is 0.0514. The van der Waals surface area contributed by atoms with Gasteiger partial charge >= 0.3 is 11.9 Å². The summed E-state index contributed by atoms with van der Waals surface area (Å²) in [5, 5.41) is 4.59. The van der Waals surface area contributed by atoms with E-state index in [1.165, 1.54) is 14.2 Å². The van der Waals surface area contributed by atoms with Crippen molar-refractivity contribution < 1.29 is 23.8 Å². The fraction of sp³-hybridized carbons (Fsp3) is 0.615. The van der Waals surface area contributed by atoms with Gasteiger partial charge in [0.05, 0.1) is 38.4 Å². The van der Waals surface area contributed by atoms with Gasteiger partial charge < -0.3 is 14.2 Å². The number of thioether (sulfide) groups is 1. The predicted octanol–water partition coefficient (Wildman–Crippen LogP) is 1.02. The summed E-state index contributed by atoms with van der Waals surface area (Å²) in [7, 11) is 2.58. The van der Waals surface area contributed by atoms with Crippen LogP contribution in [-0.2, 0) is 14.2 Å². The molecule has 8 heteroatoms. The van der Waals surface area contributed by atoms with E-state index in [2.05, 4.69) is 5.10 Å². The van der Waals surface area contributed by atoms with Crippen LogP contribution in [0.4, 0.5) is 0 Å². The average molecular weight is 310 g/mol. The molecule has 0 spiro atoms. The third kappa shape index (κ3) is 1.57. The summed E-state index contributed by atoms with van der Waals surface area (Å²) in [4.78, 5) is 24.0. The lowest BCUT2D eigenvalue weighted by Crippen LogP contribution is -2.25. The zero-order valence-corrected chi connectivity index (χ0v) is 12.4. The number of hydrogen-bond donors (Lipinski definition) is 0. The van der Waals surface area contributed by atoms with Crippen molar-refractivity contribution in [2.24, 2.45) is 11.8 Å². The number of carbonyl (C=O) groups is 2. The Kier molecular flexibility index (Phi) is 2.80. The highest BCUT2D eigenvalue weighted by Gasteiger charge is 2.57.